The third kappa shape index (κ3) is 4.41. The smallest absolute Gasteiger partial charge is 0.254 e. The third-order valence-electron chi connectivity index (χ3n) is 4.00. The minimum Gasteiger partial charge on any atom is -0.491 e. The summed E-state index contributed by atoms with van der Waals surface area (Å²) in [6.07, 6.45) is 4.48. The largest absolute Gasteiger partial charge is 0.491 e. The fourth-order valence-corrected chi connectivity index (χ4v) is 3.16. The number of carbonyl (C=O) groups is 1. The summed E-state index contributed by atoms with van der Waals surface area (Å²) >= 11 is 12.0. The fraction of sp³-hybridized carbons (Fsp3) is 0.389. The monoisotopic (exact) mass is 379 g/mol. The molecule has 1 N–H and O–H groups in total. The number of halogens is 2. The number of pyridine rings is 2. The van der Waals surface area contributed by atoms with Gasteiger partial charge in [0.15, 0.2) is 0 Å². The number of nitrogens with one attached hydrogen (secondary N) is 1. The zero-order valence-electron chi connectivity index (χ0n) is 14.1. The lowest BCUT2D eigenvalue weighted by molar-refractivity contribution is 0.0880. The standard InChI is InChI=1S/C18H19Cl2N3O2/c1-18(2,10-25-12-6-7-21-15(19)9-12)23-17(24)13-8-11-4-3-5-14(11)22-16(13)20/h6-9H,3-5,10H2,1-2H3,(H,23,24). The topological polar surface area (TPSA) is 64.1 Å². The van der Waals surface area contributed by atoms with Crippen molar-refractivity contribution in [3.05, 3.63) is 51.5 Å². The number of hydrogen-bond acceptors (Lipinski definition) is 4. The number of hydrogen-bond donors (Lipinski definition) is 1. The van der Waals surface area contributed by atoms with Gasteiger partial charge in [0.05, 0.1) is 11.1 Å². The highest BCUT2D eigenvalue weighted by Crippen LogP contribution is 2.25. The van der Waals surface area contributed by atoms with Crippen molar-refractivity contribution in [3.8, 4) is 5.75 Å². The van der Waals surface area contributed by atoms with Crippen LogP contribution in [0.2, 0.25) is 10.3 Å². The molecule has 25 heavy (non-hydrogen) atoms. The Bertz CT molecular complexity index is 809. The van der Waals surface area contributed by atoms with Gasteiger partial charge in [-0.2, -0.15) is 0 Å². The number of aryl methyl sites for hydroxylation is 2. The van der Waals surface area contributed by atoms with Crippen LogP contribution in [0.25, 0.3) is 0 Å². The van der Waals surface area contributed by atoms with Crippen LogP contribution in [-0.2, 0) is 12.8 Å². The average Bonchev–Trinajstić information content (AvgIpc) is 2.99. The first-order valence-electron chi connectivity index (χ1n) is 8.09. The molecular weight excluding hydrogens is 361 g/mol. The van der Waals surface area contributed by atoms with Crippen LogP contribution in [0.3, 0.4) is 0 Å². The maximum atomic E-state index is 12.6. The second-order valence-corrected chi connectivity index (χ2v) is 7.47. The van der Waals surface area contributed by atoms with Gasteiger partial charge in [0.25, 0.3) is 5.91 Å². The molecule has 132 valence electrons. The molecule has 2 aromatic rings. The van der Waals surface area contributed by atoms with Gasteiger partial charge in [-0.15, -0.1) is 0 Å². The summed E-state index contributed by atoms with van der Waals surface area (Å²) in [6.45, 7) is 4.03. The molecule has 1 aliphatic rings. The van der Waals surface area contributed by atoms with E-state index in [1.165, 1.54) is 0 Å². The normalized spacial score (nSPS) is 13.4. The van der Waals surface area contributed by atoms with Gasteiger partial charge in [-0.05, 0) is 50.8 Å². The maximum Gasteiger partial charge on any atom is 0.254 e. The lowest BCUT2D eigenvalue weighted by Gasteiger charge is -2.26. The summed E-state index contributed by atoms with van der Waals surface area (Å²) in [6, 6.07) is 5.19. The molecule has 2 heterocycles. The molecule has 5 nitrogen and oxygen atoms in total. The van der Waals surface area contributed by atoms with Gasteiger partial charge in [0, 0.05) is 18.0 Å². The second-order valence-electron chi connectivity index (χ2n) is 6.73. The van der Waals surface area contributed by atoms with E-state index in [4.69, 9.17) is 27.9 Å². The van der Waals surface area contributed by atoms with Crippen molar-refractivity contribution < 1.29 is 9.53 Å². The molecule has 0 saturated carbocycles. The molecule has 0 aromatic carbocycles. The predicted octanol–water partition coefficient (Wildman–Crippen LogP) is 3.86. The van der Waals surface area contributed by atoms with E-state index in [-0.39, 0.29) is 17.7 Å². The van der Waals surface area contributed by atoms with Crippen LogP contribution >= 0.6 is 23.2 Å². The Labute approximate surface area is 156 Å². The summed E-state index contributed by atoms with van der Waals surface area (Å²) < 4.78 is 5.70. The van der Waals surface area contributed by atoms with Crippen molar-refractivity contribution in [2.75, 3.05) is 6.61 Å². The van der Waals surface area contributed by atoms with Crippen molar-refractivity contribution in [2.45, 2.75) is 38.6 Å². The molecule has 0 aliphatic heterocycles. The number of nitrogens with zero attached hydrogens (tertiary/aromatic N) is 2. The van der Waals surface area contributed by atoms with Crippen molar-refractivity contribution >= 4 is 29.1 Å². The number of rotatable bonds is 5. The SMILES string of the molecule is CC(C)(COc1ccnc(Cl)c1)NC(=O)c1cc2c(nc1Cl)CCC2. The number of carbonyl (C=O) groups excluding carboxylic acids is 1. The highest BCUT2D eigenvalue weighted by molar-refractivity contribution is 6.32. The van der Waals surface area contributed by atoms with E-state index in [1.54, 1.807) is 18.3 Å². The quantitative estimate of drug-likeness (QED) is 0.801. The Hall–Kier alpha value is -1.85. The summed E-state index contributed by atoms with van der Waals surface area (Å²) in [5, 5.41) is 3.56. The third-order valence-corrected chi connectivity index (χ3v) is 4.49. The van der Waals surface area contributed by atoms with Crippen LogP contribution in [0.4, 0.5) is 0 Å². The van der Waals surface area contributed by atoms with Gasteiger partial charge in [-0.25, -0.2) is 9.97 Å². The Morgan fingerprint density at radius 3 is 2.88 bits per heavy atom. The minimum atomic E-state index is -0.602. The highest BCUT2D eigenvalue weighted by Gasteiger charge is 2.25. The van der Waals surface area contributed by atoms with E-state index in [2.05, 4.69) is 15.3 Å². The van der Waals surface area contributed by atoms with Crippen LogP contribution in [-0.4, -0.2) is 28.0 Å². The summed E-state index contributed by atoms with van der Waals surface area (Å²) in [7, 11) is 0. The molecule has 1 aliphatic carbocycles. The van der Waals surface area contributed by atoms with Crippen LogP contribution in [0.5, 0.6) is 5.75 Å². The Morgan fingerprint density at radius 1 is 1.32 bits per heavy atom. The molecule has 2 aromatic heterocycles. The summed E-state index contributed by atoms with van der Waals surface area (Å²) in [5.41, 5.74) is 1.91. The molecule has 0 fully saturated rings. The molecule has 0 unspecified atom stereocenters. The van der Waals surface area contributed by atoms with Crippen LogP contribution in [0, 0.1) is 0 Å². The number of ether oxygens (including phenoxy) is 1. The van der Waals surface area contributed by atoms with Gasteiger partial charge < -0.3 is 10.1 Å². The van der Waals surface area contributed by atoms with Crippen LogP contribution in [0.15, 0.2) is 24.4 Å². The van der Waals surface area contributed by atoms with E-state index < -0.39 is 5.54 Å². The predicted molar refractivity (Wildman–Crippen MR) is 97.6 cm³/mol. The molecular formula is C18H19Cl2N3O2. The average molecular weight is 380 g/mol. The van der Waals surface area contributed by atoms with Gasteiger partial charge >= 0.3 is 0 Å². The first-order valence-corrected chi connectivity index (χ1v) is 8.85. The van der Waals surface area contributed by atoms with Crippen LogP contribution in [0.1, 0.15) is 41.9 Å². The molecule has 0 atom stereocenters. The molecule has 0 spiro atoms. The lowest BCUT2D eigenvalue weighted by Crippen LogP contribution is -2.48. The molecule has 1 amide bonds. The van der Waals surface area contributed by atoms with E-state index in [0.29, 0.717) is 16.5 Å². The second kappa shape index (κ2) is 7.18. The first-order chi connectivity index (χ1) is 11.8. The van der Waals surface area contributed by atoms with E-state index in [0.717, 1.165) is 30.5 Å². The van der Waals surface area contributed by atoms with Crippen LogP contribution < -0.4 is 10.1 Å². The van der Waals surface area contributed by atoms with Gasteiger partial charge in [0.1, 0.15) is 22.7 Å². The van der Waals surface area contributed by atoms with Crippen molar-refractivity contribution in [1.29, 1.82) is 0 Å². The van der Waals surface area contributed by atoms with E-state index in [9.17, 15) is 4.79 Å². The van der Waals surface area contributed by atoms with Crippen molar-refractivity contribution in [3.63, 3.8) is 0 Å². The van der Waals surface area contributed by atoms with Gasteiger partial charge in [0.2, 0.25) is 0 Å². The lowest BCUT2D eigenvalue weighted by atomic mass is 10.1. The molecule has 0 saturated heterocycles. The van der Waals surface area contributed by atoms with Gasteiger partial charge in [-0.3, -0.25) is 4.79 Å². The van der Waals surface area contributed by atoms with Crippen molar-refractivity contribution in [1.82, 2.24) is 15.3 Å². The van der Waals surface area contributed by atoms with E-state index in [1.807, 2.05) is 19.9 Å². The van der Waals surface area contributed by atoms with Gasteiger partial charge in [-0.1, -0.05) is 23.2 Å². The number of amides is 1. The maximum absolute atomic E-state index is 12.6. The molecule has 3 rings (SSSR count). The Morgan fingerprint density at radius 2 is 2.12 bits per heavy atom. The minimum absolute atomic E-state index is 0.246. The summed E-state index contributed by atoms with van der Waals surface area (Å²) in [4.78, 5) is 20.9. The number of fused-ring (bicyclic) bond motifs is 1. The zero-order valence-corrected chi connectivity index (χ0v) is 15.6. The Kier molecular flexibility index (Phi) is 5.16. The Balaban J connectivity index is 1.67. The molecule has 0 radical (unpaired) electrons. The molecule has 7 heteroatoms. The van der Waals surface area contributed by atoms with Crippen molar-refractivity contribution in [2.24, 2.45) is 0 Å². The molecule has 0 bridgehead atoms. The number of aromatic nitrogens is 2. The summed E-state index contributed by atoms with van der Waals surface area (Å²) in [5.74, 6) is 0.341. The fourth-order valence-electron chi connectivity index (χ4n) is 2.76. The first kappa shape index (κ1) is 18.0. The zero-order chi connectivity index (χ0) is 18.0. The highest BCUT2D eigenvalue weighted by atomic mass is 35.5. The van der Waals surface area contributed by atoms with E-state index >= 15 is 0 Å².